The Morgan fingerprint density at radius 2 is 0.852 bits per heavy atom. The van der Waals surface area contributed by atoms with Gasteiger partial charge in [0.15, 0.2) is 0 Å². The van der Waals surface area contributed by atoms with Gasteiger partial charge in [-0.3, -0.25) is 0 Å². The Labute approximate surface area is 391 Å². The zero-order valence-electron chi connectivity index (χ0n) is 36.0. The average molecular weight is 968 g/mol. The van der Waals surface area contributed by atoms with E-state index < -0.39 is 15.8 Å². The predicted molar refractivity (Wildman–Crippen MR) is 260 cm³/mol. The molecular weight excluding hydrogens is 915 g/mol. The Morgan fingerprint density at radius 3 is 1.31 bits per heavy atom. The second kappa shape index (κ2) is 20.7. The van der Waals surface area contributed by atoms with Gasteiger partial charge in [-0.1, -0.05) is 115 Å². The van der Waals surface area contributed by atoms with Crippen LogP contribution >= 0.6 is 15.8 Å². The molecule has 7 aromatic rings. The maximum Gasteiger partial charge on any atom is 3.00 e. The predicted octanol–water partition coefficient (Wildman–Crippen LogP) is 3.69. The van der Waals surface area contributed by atoms with Crippen LogP contribution in [0.2, 0.25) is 0 Å². The average Bonchev–Trinajstić information content (AvgIpc) is 3.24. The number of halogens is 2. The van der Waals surface area contributed by atoms with E-state index in [0.717, 1.165) is 0 Å². The molecule has 0 N–H and O–H groups in total. The molecule has 61 heavy (non-hydrogen) atoms. The van der Waals surface area contributed by atoms with E-state index >= 15 is 0 Å². The van der Waals surface area contributed by atoms with Crippen LogP contribution in [0, 0.1) is 5.66 Å². The topological polar surface area (TPSA) is 13.0 Å². The first kappa shape index (κ1) is 47.7. The minimum absolute atomic E-state index is 0. The van der Waals surface area contributed by atoms with Gasteiger partial charge in [0.25, 0.3) is 0 Å². The molecule has 0 spiro atoms. The Morgan fingerprint density at radius 1 is 0.443 bits per heavy atom. The SMILES string of the molecule is CN(C)c1ccc(P(c2ccc(N(C)C)cc2)c2ccc3ccccc3c2C2c3ccccc3C=C[C-]2P(c2ccc(N(C)C)cc2)c2ccc(N(C)C)cc2)cc1.[Cl-].[Cl-].[Ru+3]. The number of fused-ring (bicyclic) bond motifs is 2. The molecule has 0 aliphatic heterocycles. The molecule has 0 saturated carbocycles. The molecule has 0 fully saturated rings. The molecular formula is C52H53Cl2N4P2Ru. The van der Waals surface area contributed by atoms with E-state index in [-0.39, 0.29) is 50.2 Å². The van der Waals surface area contributed by atoms with Crippen LogP contribution in [-0.2, 0) is 19.5 Å². The van der Waals surface area contributed by atoms with E-state index in [1.165, 1.54) is 82.4 Å². The van der Waals surface area contributed by atoms with E-state index in [4.69, 9.17) is 0 Å². The number of rotatable bonds is 11. The summed E-state index contributed by atoms with van der Waals surface area (Å²) in [5.74, 6) is 0.0163. The summed E-state index contributed by atoms with van der Waals surface area (Å²) in [6, 6.07) is 60.2. The van der Waals surface area contributed by atoms with Crippen LogP contribution in [0.1, 0.15) is 22.6 Å². The van der Waals surface area contributed by atoms with Crippen LogP contribution in [0.25, 0.3) is 16.8 Å². The Balaban J connectivity index is 0.00000235. The maximum atomic E-state index is 2.48. The second-order valence-corrected chi connectivity index (χ2v) is 20.3. The molecule has 0 heterocycles. The number of anilines is 4. The summed E-state index contributed by atoms with van der Waals surface area (Å²) in [4.78, 5) is 8.74. The Kier molecular flexibility index (Phi) is 16.2. The van der Waals surface area contributed by atoms with E-state index in [1.54, 1.807) is 0 Å². The molecule has 1 atom stereocenters. The summed E-state index contributed by atoms with van der Waals surface area (Å²) in [5, 5.41) is 9.37. The number of hydrogen-bond donors (Lipinski definition) is 0. The third kappa shape index (κ3) is 9.84. The van der Waals surface area contributed by atoms with Gasteiger partial charge < -0.3 is 44.4 Å². The Bertz CT molecular complexity index is 2440. The standard InChI is InChI=1S/C52H53N4P2.2ClH.Ru/c1-53(2)39-19-27-43(28-20-39)57(44-29-21-40(22-30-44)54(3)4)49-35-17-37-13-9-11-15-47(37)51(49)52-48-16-12-10-14-38(48)18-36-50(52)58(45-31-23-41(24-32-45)55(5)6)46-33-25-42(26-34-46)56(7)8;;;/h9-36,51H,1-8H3;2*1H;/q-1;;;+3/p-2. The van der Waals surface area contributed by atoms with Gasteiger partial charge in [0.2, 0.25) is 0 Å². The van der Waals surface area contributed by atoms with Gasteiger partial charge in [-0.15, -0.1) is 13.5 Å². The molecule has 0 saturated heterocycles. The first-order chi connectivity index (χ1) is 28.1. The minimum atomic E-state index is -0.966. The van der Waals surface area contributed by atoms with Crippen molar-refractivity contribution in [2.24, 2.45) is 0 Å². The summed E-state index contributed by atoms with van der Waals surface area (Å²) < 4.78 is 0. The van der Waals surface area contributed by atoms with E-state index in [2.05, 4.69) is 246 Å². The summed E-state index contributed by atoms with van der Waals surface area (Å²) in [6.07, 6.45) is 4.84. The normalized spacial score (nSPS) is 12.9. The molecule has 313 valence electrons. The van der Waals surface area contributed by atoms with Crippen molar-refractivity contribution in [2.75, 3.05) is 76.0 Å². The largest absolute Gasteiger partial charge is 3.00 e. The smallest absolute Gasteiger partial charge is 1.00 e. The third-order valence-corrected chi connectivity index (χ3v) is 16.3. The van der Waals surface area contributed by atoms with Crippen molar-refractivity contribution in [1.82, 2.24) is 0 Å². The monoisotopic (exact) mass is 967 g/mol. The van der Waals surface area contributed by atoms with Gasteiger partial charge in [0, 0.05) is 79.1 Å². The van der Waals surface area contributed by atoms with E-state index in [0.29, 0.717) is 0 Å². The van der Waals surface area contributed by atoms with Crippen molar-refractivity contribution in [3.8, 4) is 0 Å². The summed E-state index contributed by atoms with van der Waals surface area (Å²) in [7, 11) is 15.0. The summed E-state index contributed by atoms with van der Waals surface area (Å²) in [5.41, 5.74) is 10.3. The molecule has 1 aliphatic rings. The molecule has 1 aliphatic carbocycles. The van der Waals surface area contributed by atoms with Crippen LogP contribution in [0.5, 0.6) is 0 Å². The fourth-order valence-electron chi connectivity index (χ4n) is 8.12. The molecule has 0 aromatic heterocycles. The van der Waals surface area contributed by atoms with Crippen LogP contribution in [0.15, 0.2) is 164 Å². The zero-order valence-corrected chi connectivity index (χ0v) is 41.1. The summed E-state index contributed by atoms with van der Waals surface area (Å²) >= 11 is 0. The molecule has 9 heteroatoms. The first-order valence-electron chi connectivity index (χ1n) is 19.9. The van der Waals surface area contributed by atoms with Gasteiger partial charge in [-0.2, -0.15) is 5.66 Å². The summed E-state index contributed by atoms with van der Waals surface area (Å²) in [6.45, 7) is 0. The van der Waals surface area contributed by atoms with Gasteiger partial charge in [-0.25, -0.2) is 12.2 Å². The van der Waals surface area contributed by atoms with E-state index in [9.17, 15) is 0 Å². The molecule has 1 radical (unpaired) electrons. The molecule has 4 nitrogen and oxygen atoms in total. The van der Waals surface area contributed by atoms with Crippen molar-refractivity contribution >= 4 is 82.0 Å². The van der Waals surface area contributed by atoms with E-state index in [1.807, 2.05) is 0 Å². The van der Waals surface area contributed by atoms with Gasteiger partial charge in [-0.05, 0) is 105 Å². The number of allylic oxidation sites excluding steroid dienone is 1. The third-order valence-electron chi connectivity index (χ3n) is 11.3. The van der Waals surface area contributed by atoms with Gasteiger partial charge in [0.1, 0.15) is 0 Å². The van der Waals surface area contributed by atoms with Crippen molar-refractivity contribution in [3.05, 3.63) is 186 Å². The van der Waals surface area contributed by atoms with Crippen molar-refractivity contribution in [1.29, 1.82) is 0 Å². The molecule has 0 amide bonds. The molecule has 8 rings (SSSR count). The number of nitrogens with zero attached hydrogens (tertiary/aromatic N) is 4. The number of benzene rings is 7. The van der Waals surface area contributed by atoms with Crippen LogP contribution in [0.4, 0.5) is 22.7 Å². The van der Waals surface area contributed by atoms with Crippen LogP contribution < -0.4 is 70.9 Å². The van der Waals surface area contributed by atoms with Crippen molar-refractivity contribution < 1.29 is 44.3 Å². The quantitative estimate of drug-likeness (QED) is 0.112. The van der Waals surface area contributed by atoms with Crippen molar-refractivity contribution in [3.63, 3.8) is 0 Å². The molecule has 1 unspecified atom stereocenters. The van der Waals surface area contributed by atoms with Crippen LogP contribution in [-0.4, -0.2) is 56.4 Å². The van der Waals surface area contributed by atoms with Gasteiger partial charge >= 0.3 is 19.5 Å². The fourth-order valence-corrected chi connectivity index (χ4v) is 13.1. The number of hydrogen-bond acceptors (Lipinski definition) is 4. The fraction of sp³-hybridized carbons (Fsp3) is 0.173. The van der Waals surface area contributed by atoms with Crippen LogP contribution in [0.3, 0.4) is 0 Å². The molecule has 7 aromatic carbocycles. The van der Waals surface area contributed by atoms with Gasteiger partial charge in [0.05, 0.1) is 0 Å². The maximum absolute atomic E-state index is 2.48. The zero-order chi connectivity index (χ0) is 40.5. The van der Waals surface area contributed by atoms with Crippen molar-refractivity contribution in [2.45, 2.75) is 5.92 Å². The second-order valence-electron chi connectivity index (χ2n) is 15.9. The minimum Gasteiger partial charge on any atom is -1.00 e. The Hall–Kier alpha value is -4.33. The first-order valence-corrected chi connectivity index (χ1v) is 22.6. The molecule has 0 bridgehead atoms.